The molecule has 20 heavy (non-hydrogen) atoms. The van der Waals surface area contributed by atoms with E-state index in [4.69, 9.17) is 0 Å². The average molecular weight is 270 g/mol. The fourth-order valence-corrected chi connectivity index (χ4v) is 2.01. The molecule has 0 spiro atoms. The summed E-state index contributed by atoms with van der Waals surface area (Å²) in [6, 6.07) is 11.2. The molecule has 0 saturated heterocycles. The molecule has 1 heterocycles. The van der Waals surface area contributed by atoms with Gasteiger partial charge >= 0.3 is 0 Å². The number of carbonyl (C=O) groups is 2. The van der Waals surface area contributed by atoms with Gasteiger partial charge in [-0.15, -0.1) is 0 Å². The summed E-state index contributed by atoms with van der Waals surface area (Å²) in [4.78, 5) is 22.8. The molecule has 0 unspecified atom stereocenters. The van der Waals surface area contributed by atoms with E-state index in [9.17, 15) is 9.59 Å². The van der Waals surface area contributed by atoms with Gasteiger partial charge in [0, 0.05) is 11.9 Å². The van der Waals surface area contributed by atoms with Gasteiger partial charge in [0.1, 0.15) is 6.54 Å². The van der Waals surface area contributed by atoms with Gasteiger partial charge in [-0.3, -0.25) is 9.59 Å². The Balaban J connectivity index is 2.05. The highest BCUT2D eigenvalue weighted by Gasteiger charge is 2.07. The third kappa shape index (κ3) is 3.35. The molecule has 1 aromatic heterocycles. The van der Waals surface area contributed by atoms with Crippen LogP contribution in [0.1, 0.15) is 35.8 Å². The molecule has 1 N–H and O–H groups in total. The molecule has 0 fully saturated rings. The van der Waals surface area contributed by atoms with E-state index in [1.54, 1.807) is 22.9 Å². The lowest BCUT2D eigenvalue weighted by Crippen LogP contribution is -2.19. The van der Waals surface area contributed by atoms with E-state index in [-0.39, 0.29) is 12.5 Å². The zero-order valence-electron chi connectivity index (χ0n) is 11.7. The van der Waals surface area contributed by atoms with E-state index >= 15 is 0 Å². The minimum Gasteiger partial charge on any atom is -0.336 e. The van der Waals surface area contributed by atoms with Crippen LogP contribution in [0.3, 0.4) is 0 Å². The van der Waals surface area contributed by atoms with E-state index in [2.05, 4.69) is 19.2 Å². The van der Waals surface area contributed by atoms with Gasteiger partial charge in [-0.05, 0) is 35.7 Å². The third-order valence-corrected chi connectivity index (χ3v) is 3.14. The fourth-order valence-electron chi connectivity index (χ4n) is 2.01. The van der Waals surface area contributed by atoms with Crippen molar-refractivity contribution in [1.29, 1.82) is 0 Å². The van der Waals surface area contributed by atoms with Crippen LogP contribution in [0.15, 0.2) is 42.6 Å². The first-order valence-electron chi connectivity index (χ1n) is 6.60. The number of rotatable bonds is 5. The molecule has 4 nitrogen and oxygen atoms in total. The van der Waals surface area contributed by atoms with Crippen LogP contribution in [0.5, 0.6) is 0 Å². The van der Waals surface area contributed by atoms with Crippen LogP contribution >= 0.6 is 0 Å². The topological polar surface area (TPSA) is 51.1 Å². The molecule has 1 aromatic carbocycles. The van der Waals surface area contributed by atoms with Gasteiger partial charge in [-0.1, -0.05) is 26.0 Å². The molecule has 0 bridgehead atoms. The Bertz CT molecular complexity index is 614. The SMILES string of the molecule is CC(C)c1cccc(NC(=O)Cn2cccc2C=O)c1. The fraction of sp³-hybridized carbons (Fsp3) is 0.250. The molecular weight excluding hydrogens is 252 g/mol. The van der Waals surface area contributed by atoms with Crippen molar-refractivity contribution in [3.8, 4) is 0 Å². The first-order valence-corrected chi connectivity index (χ1v) is 6.60. The second-order valence-corrected chi connectivity index (χ2v) is 5.01. The van der Waals surface area contributed by atoms with Gasteiger partial charge in [0.25, 0.3) is 0 Å². The standard InChI is InChI=1S/C16H18N2O2/c1-12(2)13-5-3-6-14(9-13)17-16(20)10-18-8-4-7-15(18)11-19/h3-9,11-12H,10H2,1-2H3,(H,17,20). The van der Waals surface area contributed by atoms with Crippen molar-refractivity contribution < 1.29 is 9.59 Å². The number of nitrogens with zero attached hydrogens (tertiary/aromatic N) is 1. The number of nitrogens with one attached hydrogen (secondary N) is 1. The second kappa shape index (κ2) is 6.19. The molecule has 0 aliphatic heterocycles. The van der Waals surface area contributed by atoms with E-state index in [0.717, 1.165) is 12.0 Å². The Kier molecular flexibility index (Phi) is 4.35. The lowest BCUT2D eigenvalue weighted by molar-refractivity contribution is -0.116. The monoisotopic (exact) mass is 270 g/mol. The van der Waals surface area contributed by atoms with Crippen molar-refractivity contribution in [2.45, 2.75) is 26.3 Å². The van der Waals surface area contributed by atoms with Crippen molar-refractivity contribution in [1.82, 2.24) is 4.57 Å². The average Bonchev–Trinajstić information content (AvgIpc) is 2.86. The zero-order chi connectivity index (χ0) is 14.5. The number of aldehydes is 1. The highest BCUT2D eigenvalue weighted by molar-refractivity contribution is 5.91. The quantitative estimate of drug-likeness (QED) is 0.849. The number of benzene rings is 1. The summed E-state index contributed by atoms with van der Waals surface area (Å²) < 4.78 is 1.62. The summed E-state index contributed by atoms with van der Waals surface area (Å²) >= 11 is 0. The lowest BCUT2D eigenvalue weighted by atomic mass is 10.0. The van der Waals surface area contributed by atoms with Crippen molar-refractivity contribution in [2.24, 2.45) is 0 Å². The second-order valence-electron chi connectivity index (χ2n) is 5.01. The predicted octanol–water partition coefficient (Wildman–Crippen LogP) is 3.06. The van der Waals surface area contributed by atoms with Gasteiger partial charge in [-0.25, -0.2) is 0 Å². The number of carbonyl (C=O) groups excluding carboxylic acids is 2. The number of aromatic nitrogens is 1. The van der Waals surface area contributed by atoms with Gasteiger partial charge in [0.15, 0.2) is 6.29 Å². The molecule has 1 amide bonds. The van der Waals surface area contributed by atoms with Crippen LogP contribution in [0.4, 0.5) is 5.69 Å². The molecule has 104 valence electrons. The highest BCUT2D eigenvalue weighted by atomic mass is 16.2. The Morgan fingerprint density at radius 3 is 2.80 bits per heavy atom. The Morgan fingerprint density at radius 2 is 2.10 bits per heavy atom. The normalized spacial score (nSPS) is 10.6. The maximum Gasteiger partial charge on any atom is 0.244 e. The van der Waals surface area contributed by atoms with E-state index < -0.39 is 0 Å². The number of hydrogen-bond donors (Lipinski definition) is 1. The van der Waals surface area contributed by atoms with E-state index in [1.807, 2.05) is 24.3 Å². The van der Waals surface area contributed by atoms with Gasteiger partial charge in [-0.2, -0.15) is 0 Å². The van der Waals surface area contributed by atoms with Gasteiger partial charge in [0.2, 0.25) is 5.91 Å². The van der Waals surface area contributed by atoms with Crippen LogP contribution in [0, 0.1) is 0 Å². The minimum atomic E-state index is -0.148. The molecule has 0 saturated carbocycles. The summed E-state index contributed by atoms with van der Waals surface area (Å²) in [5.74, 6) is 0.267. The summed E-state index contributed by atoms with van der Waals surface area (Å²) in [6.45, 7) is 4.35. The minimum absolute atomic E-state index is 0.132. The van der Waals surface area contributed by atoms with Crippen molar-refractivity contribution in [2.75, 3.05) is 5.32 Å². The number of amides is 1. The third-order valence-electron chi connectivity index (χ3n) is 3.14. The highest BCUT2D eigenvalue weighted by Crippen LogP contribution is 2.18. The largest absolute Gasteiger partial charge is 0.336 e. The van der Waals surface area contributed by atoms with Crippen molar-refractivity contribution >= 4 is 17.9 Å². The maximum atomic E-state index is 12.0. The summed E-state index contributed by atoms with van der Waals surface area (Å²) in [6.07, 6.45) is 2.46. The molecule has 2 rings (SSSR count). The van der Waals surface area contributed by atoms with Crippen molar-refractivity contribution in [3.63, 3.8) is 0 Å². The summed E-state index contributed by atoms with van der Waals surface area (Å²) in [5, 5.41) is 2.85. The van der Waals surface area contributed by atoms with Crippen LogP contribution in [0.2, 0.25) is 0 Å². The lowest BCUT2D eigenvalue weighted by Gasteiger charge is -2.10. The van der Waals surface area contributed by atoms with Crippen molar-refractivity contribution in [3.05, 3.63) is 53.9 Å². The van der Waals surface area contributed by atoms with Gasteiger partial charge in [0.05, 0.1) is 5.69 Å². The maximum absolute atomic E-state index is 12.0. The molecular formula is C16H18N2O2. The first kappa shape index (κ1) is 14.1. The van der Waals surface area contributed by atoms with E-state index in [0.29, 0.717) is 11.6 Å². The number of hydrogen-bond acceptors (Lipinski definition) is 2. The van der Waals surface area contributed by atoms with Crippen LogP contribution in [0.25, 0.3) is 0 Å². The molecule has 0 atom stereocenters. The predicted molar refractivity (Wildman–Crippen MR) is 79.0 cm³/mol. The Morgan fingerprint density at radius 1 is 1.30 bits per heavy atom. The van der Waals surface area contributed by atoms with E-state index in [1.165, 1.54) is 5.56 Å². The molecule has 0 radical (unpaired) electrons. The van der Waals surface area contributed by atoms with Crippen LogP contribution in [-0.4, -0.2) is 16.8 Å². The van der Waals surface area contributed by atoms with Crippen LogP contribution < -0.4 is 5.32 Å². The van der Waals surface area contributed by atoms with Crippen LogP contribution in [-0.2, 0) is 11.3 Å². The Hall–Kier alpha value is -2.36. The molecule has 0 aliphatic rings. The number of anilines is 1. The summed E-state index contributed by atoms with van der Waals surface area (Å²) in [7, 11) is 0. The molecule has 0 aliphatic carbocycles. The first-order chi connectivity index (χ1) is 9.60. The molecule has 4 heteroatoms. The van der Waals surface area contributed by atoms with Gasteiger partial charge < -0.3 is 9.88 Å². The Labute approximate surface area is 118 Å². The molecule has 2 aromatic rings. The smallest absolute Gasteiger partial charge is 0.244 e. The zero-order valence-corrected chi connectivity index (χ0v) is 11.7. The summed E-state index contributed by atoms with van der Waals surface area (Å²) in [5.41, 5.74) is 2.45.